The Morgan fingerprint density at radius 3 is 1.86 bits per heavy atom. The number of nitrogens with zero attached hydrogens (tertiary/aromatic N) is 4. The van der Waals surface area contributed by atoms with Crippen LogP contribution in [0.5, 0.6) is 0 Å². The Bertz CT molecular complexity index is 887. The zero-order valence-corrected chi connectivity index (χ0v) is 22.3. The van der Waals surface area contributed by atoms with E-state index in [1.54, 1.807) is 46.3 Å². The highest BCUT2D eigenvalue weighted by Crippen LogP contribution is 2.11. The molecule has 0 bridgehead atoms. The minimum atomic E-state index is -4.33. The zero-order valence-electron chi connectivity index (χ0n) is 21.5. The normalized spacial score (nSPS) is 11.6. The van der Waals surface area contributed by atoms with E-state index in [-0.39, 0.29) is 52.0 Å². The number of hydrogen-bond donors (Lipinski definition) is 2. The van der Waals surface area contributed by atoms with E-state index in [0.29, 0.717) is 0 Å². The lowest BCUT2D eigenvalue weighted by atomic mass is 10.2. The van der Waals surface area contributed by atoms with Gasteiger partial charge in [0.2, 0.25) is 5.91 Å². The van der Waals surface area contributed by atoms with Crippen LogP contribution in [0.4, 0.5) is 4.79 Å². The van der Waals surface area contributed by atoms with Crippen molar-refractivity contribution in [2.75, 3.05) is 32.8 Å². The maximum Gasteiger partial charge on any atom is 0.421 e. The van der Waals surface area contributed by atoms with E-state index in [4.69, 9.17) is 15.0 Å². The molecule has 0 aliphatic heterocycles. The van der Waals surface area contributed by atoms with Crippen LogP contribution in [-0.4, -0.2) is 81.2 Å². The summed E-state index contributed by atoms with van der Waals surface area (Å²) in [5, 5.41) is 3.12. The SMILES string of the molecule is CC(C)(C)OC(=O)CCN(CCC(=O)OC(C)(C)C)C(=O)CCNS(=O)(=O)NC(=O)OCCN=[N+]=[N-]. The molecular weight excluding hydrogens is 500 g/mol. The van der Waals surface area contributed by atoms with Crippen LogP contribution < -0.4 is 9.44 Å². The van der Waals surface area contributed by atoms with Gasteiger partial charge in [0.05, 0.1) is 26.0 Å². The van der Waals surface area contributed by atoms with Crippen LogP contribution in [0.1, 0.15) is 60.8 Å². The smallest absolute Gasteiger partial charge is 0.421 e. The Morgan fingerprint density at radius 2 is 1.42 bits per heavy atom. The van der Waals surface area contributed by atoms with Crippen LogP contribution in [0.15, 0.2) is 5.11 Å². The van der Waals surface area contributed by atoms with Crippen LogP contribution >= 0.6 is 0 Å². The number of rotatable bonds is 14. The van der Waals surface area contributed by atoms with Crippen LogP contribution in [-0.2, 0) is 38.8 Å². The molecule has 206 valence electrons. The van der Waals surface area contributed by atoms with Crippen molar-refractivity contribution in [2.45, 2.75) is 72.0 Å². The molecule has 0 spiro atoms. The number of carbonyl (C=O) groups is 4. The first kappa shape index (κ1) is 32.9. The Kier molecular flexibility index (Phi) is 13.8. The predicted octanol–water partition coefficient (Wildman–Crippen LogP) is 1.54. The maximum absolute atomic E-state index is 12.7. The van der Waals surface area contributed by atoms with Crippen molar-refractivity contribution in [1.29, 1.82) is 0 Å². The number of nitrogens with one attached hydrogen (secondary N) is 2. The van der Waals surface area contributed by atoms with E-state index >= 15 is 0 Å². The van der Waals surface area contributed by atoms with E-state index < -0.39 is 45.4 Å². The van der Waals surface area contributed by atoms with E-state index in [9.17, 15) is 27.6 Å². The highest BCUT2D eigenvalue weighted by molar-refractivity contribution is 7.88. The quantitative estimate of drug-likeness (QED) is 0.0823. The minimum absolute atomic E-state index is 0.0565. The Balaban J connectivity index is 4.92. The fraction of sp³-hybridized carbons (Fsp3) is 0.800. The highest BCUT2D eigenvalue weighted by Gasteiger charge is 2.23. The second-order valence-electron chi connectivity index (χ2n) is 9.39. The van der Waals surface area contributed by atoms with Gasteiger partial charge in [-0.05, 0) is 47.1 Å². The van der Waals surface area contributed by atoms with Crippen LogP contribution in [0.3, 0.4) is 0 Å². The summed E-state index contributed by atoms with van der Waals surface area (Å²) in [6, 6.07) is 0. The zero-order chi connectivity index (χ0) is 28.0. The number of azide groups is 1. The van der Waals surface area contributed by atoms with Crippen LogP contribution in [0.2, 0.25) is 0 Å². The average Bonchev–Trinajstić information content (AvgIpc) is 2.68. The van der Waals surface area contributed by atoms with Gasteiger partial charge in [0.25, 0.3) is 0 Å². The molecule has 0 unspecified atom stereocenters. The molecule has 0 aromatic rings. The molecule has 0 aromatic carbocycles. The fourth-order valence-corrected chi connectivity index (χ4v) is 3.17. The molecule has 0 heterocycles. The molecule has 16 heteroatoms. The maximum atomic E-state index is 12.7. The summed E-state index contributed by atoms with van der Waals surface area (Å²) in [5.74, 6) is -1.62. The number of esters is 2. The largest absolute Gasteiger partial charge is 0.460 e. The summed E-state index contributed by atoms with van der Waals surface area (Å²) in [5.41, 5.74) is 6.71. The molecule has 36 heavy (non-hydrogen) atoms. The van der Waals surface area contributed by atoms with Gasteiger partial charge in [0.1, 0.15) is 11.2 Å². The van der Waals surface area contributed by atoms with Crippen molar-refractivity contribution < 1.29 is 41.8 Å². The Labute approximate surface area is 211 Å². The van der Waals surface area contributed by atoms with Gasteiger partial charge >= 0.3 is 28.2 Å². The number of ether oxygens (including phenoxy) is 3. The summed E-state index contributed by atoms with van der Waals surface area (Å²) in [6.45, 7) is 9.22. The lowest BCUT2D eigenvalue weighted by Gasteiger charge is -2.25. The van der Waals surface area contributed by atoms with Gasteiger partial charge in [0, 0.05) is 31.0 Å². The summed E-state index contributed by atoms with van der Waals surface area (Å²) in [6.07, 6.45) is -1.88. The molecule has 15 nitrogen and oxygen atoms in total. The van der Waals surface area contributed by atoms with Gasteiger partial charge in [-0.15, -0.1) is 0 Å². The first-order valence-corrected chi connectivity index (χ1v) is 12.6. The van der Waals surface area contributed by atoms with Gasteiger partial charge in [-0.1, -0.05) is 5.11 Å². The van der Waals surface area contributed by atoms with E-state index in [1.807, 2.05) is 4.72 Å². The second kappa shape index (κ2) is 15.1. The molecule has 0 atom stereocenters. The molecule has 2 N–H and O–H groups in total. The molecule has 0 fully saturated rings. The van der Waals surface area contributed by atoms with Gasteiger partial charge in [-0.3, -0.25) is 14.4 Å². The molecule has 0 saturated carbocycles. The number of amides is 2. The standard InChI is InChI=1S/C20H36N6O9S/c1-19(2,3)34-16(28)8-12-26(13-9-17(29)35-20(4,5)6)15(27)7-10-23-36(31,32)24-18(30)33-14-11-22-25-21/h23H,7-14H2,1-6H3,(H,24,30). The number of carbonyl (C=O) groups excluding carboxylic acids is 4. The third kappa shape index (κ3) is 18.3. The first-order valence-electron chi connectivity index (χ1n) is 11.1. The predicted molar refractivity (Wildman–Crippen MR) is 128 cm³/mol. The molecule has 2 amide bonds. The van der Waals surface area contributed by atoms with E-state index in [0.717, 1.165) is 0 Å². The average molecular weight is 537 g/mol. The summed E-state index contributed by atoms with van der Waals surface area (Å²) in [7, 11) is -4.33. The van der Waals surface area contributed by atoms with Crippen molar-refractivity contribution >= 4 is 34.1 Å². The summed E-state index contributed by atoms with van der Waals surface area (Å²) in [4.78, 5) is 51.9. The van der Waals surface area contributed by atoms with Crippen molar-refractivity contribution in [2.24, 2.45) is 5.11 Å². The lowest BCUT2D eigenvalue weighted by Crippen LogP contribution is -2.43. The van der Waals surface area contributed by atoms with Crippen LogP contribution in [0.25, 0.3) is 10.4 Å². The van der Waals surface area contributed by atoms with E-state index in [2.05, 4.69) is 14.8 Å². The lowest BCUT2D eigenvalue weighted by molar-refractivity contribution is -0.155. The second-order valence-corrected chi connectivity index (χ2v) is 10.9. The highest BCUT2D eigenvalue weighted by atomic mass is 32.2. The molecular formula is C20H36N6O9S. The summed E-state index contributed by atoms with van der Waals surface area (Å²) >= 11 is 0. The molecule has 0 saturated heterocycles. The monoisotopic (exact) mass is 536 g/mol. The third-order valence-electron chi connectivity index (χ3n) is 3.70. The Morgan fingerprint density at radius 1 is 0.917 bits per heavy atom. The van der Waals surface area contributed by atoms with Gasteiger partial charge < -0.3 is 19.1 Å². The van der Waals surface area contributed by atoms with Crippen molar-refractivity contribution in [1.82, 2.24) is 14.3 Å². The molecule has 0 rings (SSSR count). The number of hydrogen-bond acceptors (Lipinski definition) is 10. The first-order chi connectivity index (χ1) is 16.4. The van der Waals surface area contributed by atoms with Crippen molar-refractivity contribution in [3.63, 3.8) is 0 Å². The molecule has 0 aliphatic rings. The molecule has 0 aromatic heterocycles. The topological polar surface area (TPSA) is 206 Å². The Hall–Kier alpha value is -3.10. The van der Waals surface area contributed by atoms with Crippen LogP contribution in [0, 0.1) is 0 Å². The third-order valence-corrected chi connectivity index (χ3v) is 4.72. The molecule has 0 radical (unpaired) electrons. The van der Waals surface area contributed by atoms with Crippen molar-refractivity contribution in [3.05, 3.63) is 10.4 Å². The fourth-order valence-electron chi connectivity index (χ4n) is 2.45. The van der Waals surface area contributed by atoms with Gasteiger partial charge in [0.15, 0.2) is 0 Å². The van der Waals surface area contributed by atoms with Gasteiger partial charge in [-0.2, -0.15) is 13.1 Å². The van der Waals surface area contributed by atoms with Gasteiger partial charge in [-0.25, -0.2) is 9.52 Å². The molecule has 0 aliphatic carbocycles. The van der Waals surface area contributed by atoms with E-state index in [1.165, 1.54) is 4.90 Å². The van der Waals surface area contributed by atoms with Crippen molar-refractivity contribution in [3.8, 4) is 0 Å². The minimum Gasteiger partial charge on any atom is -0.460 e. The summed E-state index contributed by atoms with van der Waals surface area (Å²) < 4.78 is 42.4.